The topological polar surface area (TPSA) is 7.12 Å². The molecule has 0 saturated heterocycles. The minimum Gasteiger partial charge on any atom is -0.370 e. The predicted molar refractivity (Wildman–Crippen MR) is 90.7 cm³/mol. The molecule has 1 aromatic heterocycles. The third-order valence-electron chi connectivity index (χ3n) is 3.78. The van der Waals surface area contributed by atoms with Gasteiger partial charge >= 0.3 is 0 Å². The highest BCUT2D eigenvalue weighted by Gasteiger charge is 2.06. The largest absolute Gasteiger partial charge is 0.370 e. The number of pyridine rings is 1. The first-order chi connectivity index (χ1) is 10.8. The van der Waals surface area contributed by atoms with Crippen LogP contribution in [-0.2, 0) is 13.1 Å². The quantitative estimate of drug-likeness (QED) is 0.650. The van der Waals surface area contributed by atoms with Crippen LogP contribution in [0.2, 0.25) is 0 Å². The van der Waals surface area contributed by atoms with E-state index in [4.69, 9.17) is 0 Å². The summed E-state index contributed by atoms with van der Waals surface area (Å²) in [6, 6.07) is 25.4. The second-order valence-electron chi connectivity index (χ2n) is 5.56. The Morgan fingerprint density at radius 1 is 0.727 bits per heavy atom. The lowest BCUT2D eigenvalue weighted by Crippen LogP contribution is -2.33. The van der Waals surface area contributed by atoms with Crippen LogP contribution in [0.5, 0.6) is 0 Å². The van der Waals surface area contributed by atoms with Gasteiger partial charge in [-0.3, -0.25) is 0 Å². The molecule has 2 heteroatoms. The van der Waals surface area contributed by atoms with E-state index in [9.17, 15) is 0 Å². The smallest absolute Gasteiger partial charge is 0.173 e. The highest BCUT2D eigenvalue weighted by Crippen LogP contribution is 2.13. The van der Waals surface area contributed by atoms with E-state index in [1.54, 1.807) is 0 Å². The van der Waals surface area contributed by atoms with E-state index < -0.39 is 0 Å². The van der Waals surface area contributed by atoms with Gasteiger partial charge in [0.25, 0.3) is 0 Å². The standard InChI is InChI=1S/C20H21N2/c1-21(16-18-8-4-2-5-9-18)20-12-14-22(15-13-20)17-19-10-6-3-7-11-19/h2-15H,16-17H2,1H3/q+1. The first-order valence-corrected chi connectivity index (χ1v) is 7.59. The summed E-state index contributed by atoms with van der Waals surface area (Å²) in [6.07, 6.45) is 4.29. The van der Waals surface area contributed by atoms with Crippen LogP contribution in [0.1, 0.15) is 11.1 Å². The molecule has 0 radical (unpaired) electrons. The van der Waals surface area contributed by atoms with Gasteiger partial charge in [-0.1, -0.05) is 60.7 Å². The van der Waals surface area contributed by atoms with Crippen LogP contribution in [0, 0.1) is 0 Å². The van der Waals surface area contributed by atoms with Gasteiger partial charge in [0.05, 0.1) is 0 Å². The SMILES string of the molecule is CN(Cc1ccccc1)c1cc[n+](Cc2ccccc2)cc1. The molecule has 1 heterocycles. The number of aromatic nitrogens is 1. The Morgan fingerprint density at radius 3 is 1.86 bits per heavy atom. The van der Waals surface area contributed by atoms with Crippen molar-refractivity contribution in [1.82, 2.24) is 0 Å². The van der Waals surface area contributed by atoms with Crippen molar-refractivity contribution in [2.24, 2.45) is 0 Å². The molecule has 22 heavy (non-hydrogen) atoms. The summed E-state index contributed by atoms with van der Waals surface area (Å²) in [6.45, 7) is 1.83. The Morgan fingerprint density at radius 2 is 1.27 bits per heavy atom. The molecule has 0 atom stereocenters. The van der Waals surface area contributed by atoms with Crippen LogP contribution >= 0.6 is 0 Å². The number of benzene rings is 2. The second-order valence-corrected chi connectivity index (χ2v) is 5.56. The van der Waals surface area contributed by atoms with Gasteiger partial charge < -0.3 is 4.90 Å². The van der Waals surface area contributed by atoms with Gasteiger partial charge in [-0.2, -0.15) is 0 Å². The predicted octanol–water partition coefficient (Wildman–Crippen LogP) is 3.66. The zero-order valence-corrected chi connectivity index (χ0v) is 12.9. The summed E-state index contributed by atoms with van der Waals surface area (Å²) in [4.78, 5) is 2.27. The van der Waals surface area contributed by atoms with Gasteiger partial charge in [0.2, 0.25) is 0 Å². The highest BCUT2D eigenvalue weighted by atomic mass is 15.1. The van der Waals surface area contributed by atoms with Crippen LogP contribution in [0.25, 0.3) is 0 Å². The number of anilines is 1. The van der Waals surface area contributed by atoms with Crippen molar-refractivity contribution in [3.63, 3.8) is 0 Å². The molecule has 0 unspecified atom stereocenters. The van der Waals surface area contributed by atoms with Crippen molar-refractivity contribution in [3.8, 4) is 0 Å². The fraction of sp³-hybridized carbons (Fsp3) is 0.150. The highest BCUT2D eigenvalue weighted by molar-refractivity contribution is 5.43. The molecule has 3 aromatic rings. The summed E-state index contributed by atoms with van der Waals surface area (Å²) >= 11 is 0. The van der Waals surface area contributed by atoms with E-state index in [0.29, 0.717) is 0 Å². The molecule has 2 nitrogen and oxygen atoms in total. The Labute approximate surface area is 132 Å². The first-order valence-electron chi connectivity index (χ1n) is 7.59. The maximum atomic E-state index is 2.27. The molecule has 3 rings (SSSR count). The first kappa shape index (κ1) is 14.3. The molecule has 2 aromatic carbocycles. The normalized spacial score (nSPS) is 10.4. The van der Waals surface area contributed by atoms with Crippen LogP contribution in [0.15, 0.2) is 85.2 Å². The zero-order chi connectivity index (χ0) is 15.2. The van der Waals surface area contributed by atoms with Crippen LogP contribution in [-0.4, -0.2) is 7.05 Å². The fourth-order valence-corrected chi connectivity index (χ4v) is 2.55. The molecule has 0 saturated carbocycles. The molecule has 0 N–H and O–H groups in total. The van der Waals surface area contributed by atoms with Crippen LogP contribution in [0.3, 0.4) is 0 Å². The van der Waals surface area contributed by atoms with Gasteiger partial charge in [0.1, 0.15) is 0 Å². The van der Waals surface area contributed by atoms with Crippen molar-refractivity contribution in [1.29, 1.82) is 0 Å². The fourth-order valence-electron chi connectivity index (χ4n) is 2.55. The van der Waals surface area contributed by atoms with Crippen molar-refractivity contribution >= 4 is 5.69 Å². The van der Waals surface area contributed by atoms with Gasteiger partial charge in [0.15, 0.2) is 18.9 Å². The van der Waals surface area contributed by atoms with Crippen molar-refractivity contribution in [2.75, 3.05) is 11.9 Å². The van der Waals surface area contributed by atoms with E-state index in [-0.39, 0.29) is 0 Å². The van der Waals surface area contributed by atoms with Crippen molar-refractivity contribution in [3.05, 3.63) is 96.3 Å². The number of nitrogens with zero attached hydrogens (tertiary/aromatic N) is 2. The molecule has 0 aliphatic carbocycles. The number of rotatable bonds is 5. The summed E-state index contributed by atoms with van der Waals surface area (Å²) in [5, 5.41) is 0. The molecule has 0 spiro atoms. The maximum absolute atomic E-state index is 2.27. The van der Waals surface area contributed by atoms with Crippen LogP contribution < -0.4 is 9.47 Å². The maximum Gasteiger partial charge on any atom is 0.173 e. The second kappa shape index (κ2) is 6.90. The average Bonchev–Trinajstić information content (AvgIpc) is 2.57. The molecule has 0 amide bonds. The number of hydrogen-bond acceptors (Lipinski definition) is 1. The molecule has 0 aliphatic heterocycles. The van der Waals surface area contributed by atoms with Crippen molar-refractivity contribution in [2.45, 2.75) is 13.1 Å². The summed E-state index contributed by atoms with van der Waals surface area (Å²) in [5.74, 6) is 0. The molecular weight excluding hydrogens is 268 g/mol. The minimum atomic E-state index is 0.906. The Kier molecular flexibility index (Phi) is 4.50. The van der Waals surface area contributed by atoms with Gasteiger partial charge in [0, 0.05) is 37.0 Å². The lowest BCUT2D eigenvalue weighted by Gasteiger charge is -2.18. The summed E-state index contributed by atoms with van der Waals surface area (Å²) in [7, 11) is 2.13. The monoisotopic (exact) mass is 289 g/mol. The molecule has 0 fully saturated rings. The third-order valence-corrected chi connectivity index (χ3v) is 3.78. The van der Waals surface area contributed by atoms with E-state index in [1.807, 2.05) is 0 Å². The summed E-state index contributed by atoms with van der Waals surface area (Å²) in [5.41, 5.74) is 3.87. The average molecular weight is 289 g/mol. The van der Waals surface area contributed by atoms with Crippen molar-refractivity contribution < 1.29 is 4.57 Å². The molecule has 110 valence electrons. The van der Waals surface area contributed by atoms with Gasteiger partial charge in [-0.05, 0) is 5.56 Å². The van der Waals surface area contributed by atoms with E-state index in [1.165, 1.54) is 16.8 Å². The lowest BCUT2D eigenvalue weighted by molar-refractivity contribution is -0.688. The van der Waals surface area contributed by atoms with E-state index >= 15 is 0 Å². The molecule has 0 bridgehead atoms. The van der Waals surface area contributed by atoms with E-state index in [0.717, 1.165) is 13.1 Å². The number of hydrogen-bond donors (Lipinski definition) is 0. The third kappa shape index (κ3) is 3.73. The molecular formula is C20H21N2+. The minimum absolute atomic E-state index is 0.906. The zero-order valence-electron chi connectivity index (χ0n) is 12.9. The summed E-state index contributed by atoms with van der Waals surface area (Å²) < 4.78 is 2.20. The lowest BCUT2D eigenvalue weighted by atomic mass is 10.2. The Hall–Kier alpha value is -2.61. The van der Waals surface area contributed by atoms with Gasteiger partial charge in [-0.25, -0.2) is 4.57 Å². The molecule has 0 aliphatic rings. The Balaban J connectivity index is 1.66. The van der Waals surface area contributed by atoms with E-state index in [2.05, 4.69) is 102 Å². The van der Waals surface area contributed by atoms with Crippen LogP contribution in [0.4, 0.5) is 5.69 Å². The van der Waals surface area contributed by atoms with Gasteiger partial charge in [-0.15, -0.1) is 0 Å². The Bertz CT molecular complexity index is 691.